The molecule has 2 aliphatic heterocycles. The van der Waals surface area contributed by atoms with Crippen molar-refractivity contribution in [1.29, 1.82) is 0 Å². The maximum absolute atomic E-state index is 12.9. The first kappa shape index (κ1) is 21.4. The molecule has 2 aliphatic rings. The smallest absolute Gasteiger partial charge is 0.243 e. The second-order valence-electron chi connectivity index (χ2n) is 7.35. The Balaban J connectivity index is 1.34. The van der Waals surface area contributed by atoms with Gasteiger partial charge in [0.15, 0.2) is 11.5 Å². The van der Waals surface area contributed by atoms with E-state index in [1.807, 2.05) is 11.8 Å². The minimum Gasteiger partial charge on any atom is -0.497 e. The Bertz CT molecular complexity index is 1050. The van der Waals surface area contributed by atoms with E-state index in [9.17, 15) is 13.2 Å². The molecule has 2 heterocycles. The van der Waals surface area contributed by atoms with Crippen LogP contribution in [-0.4, -0.2) is 69.7 Å². The number of carbonyl (C=O) groups is 1. The average molecular weight is 448 g/mol. The molecule has 0 aromatic heterocycles. The van der Waals surface area contributed by atoms with Crippen molar-refractivity contribution in [2.24, 2.45) is 0 Å². The fourth-order valence-electron chi connectivity index (χ4n) is 3.61. The zero-order valence-corrected chi connectivity index (χ0v) is 18.2. The molecule has 9 nitrogen and oxygen atoms in total. The van der Waals surface area contributed by atoms with Gasteiger partial charge in [-0.1, -0.05) is 0 Å². The van der Waals surface area contributed by atoms with Gasteiger partial charge in [0.2, 0.25) is 22.7 Å². The summed E-state index contributed by atoms with van der Waals surface area (Å²) in [5.74, 6) is 1.69. The highest BCUT2D eigenvalue weighted by atomic mass is 32.2. The van der Waals surface area contributed by atoms with Crippen molar-refractivity contribution in [3.05, 3.63) is 42.5 Å². The molecule has 0 aliphatic carbocycles. The molecule has 0 bridgehead atoms. The molecule has 1 fully saturated rings. The SMILES string of the molecule is COc1ccc(S(=O)(=O)N2CCN(C(C)C(=O)Nc3ccc4c(c3)OCO4)CC2)cc1. The van der Waals surface area contributed by atoms with Crippen molar-refractivity contribution in [2.45, 2.75) is 17.9 Å². The second-order valence-corrected chi connectivity index (χ2v) is 9.29. The van der Waals surface area contributed by atoms with E-state index < -0.39 is 16.1 Å². The van der Waals surface area contributed by atoms with Gasteiger partial charge in [0.1, 0.15) is 5.75 Å². The lowest BCUT2D eigenvalue weighted by Crippen LogP contribution is -2.53. The molecule has 0 radical (unpaired) electrons. The van der Waals surface area contributed by atoms with E-state index in [-0.39, 0.29) is 17.6 Å². The van der Waals surface area contributed by atoms with E-state index in [4.69, 9.17) is 14.2 Å². The van der Waals surface area contributed by atoms with Crippen molar-refractivity contribution in [3.63, 3.8) is 0 Å². The molecular formula is C21H25N3O6S. The van der Waals surface area contributed by atoms with Crippen LogP contribution in [0.15, 0.2) is 47.4 Å². The van der Waals surface area contributed by atoms with Gasteiger partial charge in [-0.05, 0) is 43.3 Å². The number of piperazine rings is 1. The predicted octanol–water partition coefficient (Wildman–Crippen LogP) is 1.76. The summed E-state index contributed by atoms with van der Waals surface area (Å²) < 4.78 is 42.9. The fraction of sp³-hybridized carbons (Fsp3) is 0.381. The number of anilines is 1. The van der Waals surface area contributed by atoms with Gasteiger partial charge >= 0.3 is 0 Å². The molecule has 1 N–H and O–H groups in total. The first-order valence-corrected chi connectivity index (χ1v) is 11.4. The van der Waals surface area contributed by atoms with E-state index in [0.29, 0.717) is 49.1 Å². The van der Waals surface area contributed by atoms with Crippen LogP contribution in [0.3, 0.4) is 0 Å². The van der Waals surface area contributed by atoms with Gasteiger partial charge in [-0.2, -0.15) is 4.31 Å². The summed E-state index contributed by atoms with van der Waals surface area (Å²) in [6.07, 6.45) is 0. The minimum absolute atomic E-state index is 0.162. The van der Waals surface area contributed by atoms with Crippen LogP contribution >= 0.6 is 0 Å². The molecule has 2 aromatic carbocycles. The summed E-state index contributed by atoms with van der Waals surface area (Å²) in [6, 6.07) is 11.2. The number of methoxy groups -OCH3 is 1. The van der Waals surface area contributed by atoms with Gasteiger partial charge in [0.25, 0.3) is 0 Å². The van der Waals surface area contributed by atoms with E-state index in [1.54, 1.807) is 42.5 Å². The van der Waals surface area contributed by atoms with Gasteiger partial charge in [-0.15, -0.1) is 0 Å². The molecule has 10 heteroatoms. The molecule has 166 valence electrons. The molecule has 0 saturated carbocycles. The van der Waals surface area contributed by atoms with Crippen molar-refractivity contribution >= 4 is 21.6 Å². The Hall–Kier alpha value is -2.82. The molecule has 4 rings (SSSR count). The summed E-state index contributed by atoms with van der Waals surface area (Å²) in [5, 5.41) is 2.89. The van der Waals surface area contributed by atoms with Crippen LogP contribution in [0.1, 0.15) is 6.92 Å². The van der Waals surface area contributed by atoms with Gasteiger partial charge < -0.3 is 19.5 Å². The number of benzene rings is 2. The zero-order chi connectivity index (χ0) is 22.0. The van der Waals surface area contributed by atoms with E-state index in [1.165, 1.54) is 11.4 Å². The van der Waals surface area contributed by atoms with E-state index in [0.717, 1.165) is 0 Å². The maximum atomic E-state index is 12.9. The third-order valence-corrected chi connectivity index (χ3v) is 7.45. The average Bonchev–Trinajstić information content (AvgIpc) is 3.26. The Morgan fingerprint density at radius 3 is 2.39 bits per heavy atom. The largest absolute Gasteiger partial charge is 0.497 e. The van der Waals surface area contributed by atoms with Crippen LogP contribution < -0.4 is 19.5 Å². The summed E-state index contributed by atoms with van der Waals surface area (Å²) in [7, 11) is -2.05. The van der Waals surface area contributed by atoms with Crippen molar-refractivity contribution in [1.82, 2.24) is 9.21 Å². The highest BCUT2D eigenvalue weighted by molar-refractivity contribution is 7.89. The number of nitrogens with zero attached hydrogens (tertiary/aromatic N) is 2. The van der Waals surface area contributed by atoms with Crippen LogP contribution in [0.25, 0.3) is 0 Å². The number of fused-ring (bicyclic) bond motifs is 1. The topological polar surface area (TPSA) is 97.4 Å². The van der Waals surface area contributed by atoms with Gasteiger partial charge in [-0.25, -0.2) is 8.42 Å². The Morgan fingerprint density at radius 2 is 1.71 bits per heavy atom. The van der Waals surface area contributed by atoms with Crippen molar-refractivity contribution in [3.8, 4) is 17.2 Å². The second kappa shape index (κ2) is 8.74. The number of amides is 1. The zero-order valence-electron chi connectivity index (χ0n) is 17.4. The third-order valence-electron chi connectivity index (χ3n) is 5.54. The third kappa shape index (κ3) is 4.46. The molecular weight excluding hydrogens is 422 g/mol. The summed E-state index contributed by atoms with van der Waals surface area (Å²) in [5.41, 5.74) is 0.627. The monoisotopic (exact) mass is 447 g/mol. The van der Waals surface area contributed by atoms with Crippen LogP contribution in [0.5, 0.6) is 17.2 Å². The number of nitrogens with one attached hydrogen (secondary N) is 1. The molecule has 1 saturated heterocycles. The summed E-state index contributed by atoms with van der Waals surface area (Å²) >= 11 is 0. The van der Waals surface area contributed by atoms with Gasteiger partial charge in [-0.3, -0.25) is 9.69 Å². The minimum atomic E-state index is -3.59. The Labute approximate surface area is 181 Å². The van der Waals surface area contributed by atoms with E-state index >= 15 is 0 Å². The number of hydrogen-bond donors (Lipinski definition) is 1. The molecule has 1 unspecified atom stereocenters. The van der Waals surface area contributed by atoms with Gasteiger partial charge in [0, 0.05) is 37.9 Å². The quantitative estimate of drug-likeness (QED) is 0.721. The summed E-state index contributed by atoms with van der Waals surface area (Å²) in [6.45, 7) is 3.55. The lowest BCUT2D eigenvalue weighted by molar-refractivity contribution is -0.121. The number of hydrogen-bond acceptors (Lipinski definition) is 7. The molecule has 0 spiro atoms. The van der Waals surface area contributed by atoms with Gasteiger partial charge in [0.05, 0.1) is 18.0 Å². The molecule has 1 atom stereocenters. The molecule has 1 amide bonds. The standard InChI is InChI=1S/C21H25N3O6S/c1-15(21(25)22-16-3-8-19-20(13-16)30-14-29-19)23-9-11-24(12-10-23)31(26,27)18-6-4-17(28-2)5-7-18/h3-8,13,15H,9-12,14H2,1-2H3,(H,22,25). The Kier molecular flexibility index (Phi) is 6.03. The highest BCUT2D eigenvalue weighted by Gasteiger charge is 2.32. The van der Waals surface area contributed by atoms with Crippen LogP contribution in [-0.2, 0) is 14.8 Å². The lowest BCUT2D eigenvalue weighted by Gasteiger charge is -2.36. The maximum Gasteiger partial charge on any atom is 0.243 e. The van der Waals surface area contributed by atoms with Crippen molar-refractivity contribution in [2.75, 3.05) is 45.4 Å². The normalized spacial score (nSPS) is 17.9. The predicted molar refractivity (Wildman–Crippen MR) is 114 cm³/mol. The lowest BCUT2D eigenvalue weighted by atomic mass is 10.2. The number of carbonyl (C=O) groups excluding carboxylic acids is 1. The Morgan fingerprint density at radius 1 is 1.03 bits per heavy atom. The fourth-order valence-corrected chi connectivity index (χ4v) is 5.04. The summed E-state index contributed by atoms with van der Waals surface area (Å²) in [4.78, 5) is 14.9. The van der Waals surface area contributed by atoms with Crippen LogP contribution in [0.2, 0.25) is 0 Å². The first-order valence-electron chi connectivity index (χ1n) is 9.97. The number of rotatable bonds is 6. The van der Waals surface area contributed by atoms with E-state index in [2.05, 4.69) is 5.32 Å². The number of sulfonamides is 1. The molecule has 31 heavy (non-hydrogen) atoms. The highest BCUT2D eigenvalue weighted by Crippen LogP contribution is 2.34. The molecule has 2 aromatic rings. The van der Waals surface area contributed by atoms with Crippen LogP contribution in [0, 0.1) is 0 Å². The van der Waals surface area contributed by atoms with Crippen LogP contribution in [0.4, 0.5) is 5.69 Å². The first-order chi connectivity index (χ1) is 14.9. The number of ether oxygens (including phenoxy) is 3. The van der Waals surface area contributed by atoms with Crippen molar-refractivity contribution < 1.29 is 27.4 Å².